The molecule has 1 aromatic rings. The number of rotatable bonds is 6. The molecule has 0 aliphatic carbocycles. The minimum atomic E-state index is -3.46. The second-order valence-electron chi connectivity index (χ2n) is 4.33. The van der Waals surface area contributed by atoms with E-state index in [9.17, 15) is 13.2 Å². The average molecular weight is 274 g/mol. The van der Waals surface area contributed by atoms with Gasteiger partial charge in [0.15, 0.2) is 0 Å². The highest BCUT2D eigenvalue weighted by Gasteiger charge is 2.21. The van der Waals surface area contributed by atoms with E-state index in [-0.39, 0.29) is 25.0 Å². The molecule has 0 unspecified atom stereocenters. The van der Waals surface area contributed by atoms with Gasteiger partial charge in [0, 0.05) is 6.04 Å². The van der Waals surface area contributed by atoms with Crippen molar-refractivity contribution in [2.75, 3.05) is 12.8 Å². The third-order valence-electron chi connectivity index (χ3n) is 2.15. The largest absolute Gasteiger partial charge is 0.468 e. The van der Waals surface area contributed by atoms with Crippen molar-refractivity contribution in [2.24, 2.45) is 0 Å². The van der Waals surface area contributed by atoms with Gasteiger partial charge in [-0.15, -0.1) is 0 Å². The minimum Gasteiger partial charge on any atom is -0.468 e. The molecule has 7 heteroatoms. The van der Waals surface area contributed by atoms with Crippen molar-refractivity contribution >= 4 is 15.9 Å². The first-order valence-electron chi connectivity index (χ1n) is 5.56. The van der Waals surface area contributed by atoms with Gasteiger partial charge in [0.05, 0.1) is 25.6 Å². The molecule has 0 bridgehead atoms. The molecule has 1 heterocycles. The van der Waals surface area contributed by atoms with Gasteiger partial charge in [-0.05, 0) is 26.0 Å². The van der Waals surface area contributed by atoms with E-state index in [0.29, 0.717) is 5.76 Å². The maximum atomic E-state index is 11.6. The molecule has 18 heavy (non-hydrogen) atoms. The molecular formula is C11H18N2O4S. The molecule has 0 spiro atoms. The van der Waals surface area contributed by atoms with Crippen LogP contribution in [0.1, 0.15) is 19.6 Å². The Morgan fingerprint density at radius 2 is 2.17 bits per heavy atom. The third kappa shape index (κ3) is 4.89. The van der Waals surface area contributed by atoms with Crippen LogP contribution in [0.3, 0.4) is 0 Å². The van der Waals surface area contributed by atoms with Gasteiger partial charge in [-0.25, -0.2) is 8.42 Å². The lowest BCUT2D eigenvalue weighted by atomic mass is 10.4. The van der Waals surface area contributed by atoms with Gasteiger partial charge < -0.3 is 9.73 Å². The Morgan fingerprint density at radius 1 is 1.50 bits per heavy atom. The molecule has 102 valence electrons. The van der Waals surface area contributed by atoms with Gasteiger partial charge in [0.1, 0.15) is 5.76 Å². The zero-order valence-corrected chi connectivity index (χ0v) is 11.5. The number of nitrogens with one attached hydrogen (secondary N) is 1. The fourth-order valence-electron chi connectivity index (χ4n) is 1.39. The molecule has 0 aromatic carbocycles. The predicted molar refractivity (Wildman–Crippen MR) is 67.2 cm³/mol. The molecule has 0 radical (unpaired) electrons. The maximum absolute atomic E-state index is 11.6. The SMILES string of the molecule is CC(C)NC(=O)CN(Cc1ccco1)S(C)(=O)=O. The van der Waals surface area contributed by atoms with E-state index in [0.717, 1.165) is 10.6 Å². The summed E-state index contributed by atoms with van der Waals surface area (Å²) >= 11 is 0. The van der Waals surface area contributed by atoms with Crippen molar-refractivity contribution in [3.8, 4) is 0 Å². The van der Waals surface area contributed by atoms with Gasteiger partial charge in [-0.2, -0.15) is 4.31 Å². The number of sulfonamides is 1. The molecule has 0 aliphatic heterocycles. The van der Waals surface area contributed by atoms with Gasteiger partial charge in [0.25, 0.3) is 0 Å². The Morgan fingerprint density at radius 3 is 2.61 bits per heavy atom. The number of carbonyl (C=O) groups excluding carboxylic acids is 1. The number of carbonyl (C=O) groups is 1. The molecule has 6 nitrogen and oxygen atoms in total. The van der Waals surface area contributed by atoms with Crippen LogP contribution in [0.5, 0.6) is 0 Å². The summed E-state index contributed by atoms with van der Waals surface area (Å²) in [5, 5.41) is 2.65. The summed E-state index contributed by atoms with van der Waals surface area (Å²) < 4.78 is 29.3. The summed E-state index contributed by atoms with van der Waals surface area (Å²) in [4.78, 5) is 11.6. The highest BCUT2D eigenvalue weighted by atomic mass is 32.2. The van der Waals surface area contributed by atoms with Crippen molar-refractivity contribution in [1.82, 2.24) is 9.62 Å². The third-order valence-corrected chi connectivity index (χ3v) is 3.35. The summed E-state index contributed by atoms with van der Waals surface area (Å²) in [5.41, 5.74) is 0. The lowest BCUT2D eigenvalue weighted by molar-refractivity contribution is -0.121. The highest BCUT2D eigenvalue weighted by Crippen LogP contribution is 2.08. The number of amides is 1. The van der Waals surface area contributed by atoms with Crippen LogP contribution >= 0.6 is 0 Å². The fourth-order valence-corrected chi connectivity index (χ4v) is 2.11. The van der Waals surface area contributed by atoms with Gasteiger partial charge in [-0.1, -0.05) is 0 Å². The quantitative estimate of drug-likeness (QED) is 0.822. The van der Waals surface area contributed by atoms with E-state index < -0.39 is 10.0 Å². The zero-order valence-electron chi connectivity index (χ0n) is 10.7. The van der Waals surface area contributed by atoms with E-state index >= 15 is 0 Å². The molecule has 0 atom stereocenters. The standard InChI is InChI=1S/C11H18N2O4S/c1-9(2)12-11(14)8-13(18(3,15)16)7-10-5-4-6-17-10/h4-6,9H,7-8H2,1-3H3,(H,12,14). The summed E-state index contributed by atoms with van der Waals surface area (Å²) in [7, 11) is -3.46. The number of furan rings is 1. The summed E-state index contributed by atoms with van der Waals surface area (Å²) in [6.45, 7) is 3.47. The van der Waals surface area contributed by atoms with Crippen LogP contribution in [0.4, 0.5) is 0 Å². The average Bonchev–Trinajstić information content (AvgIpc) is 2.66. The Balaban J connectivity index is 2.71. The topological polar surface area (TPSA) is 79.6 Å². The lowest BCUT2D eigenvalue weighted by Crippen LogP contribution is -2.41. The lowest BCUT2D eigenvalue weighted by Gasteiger charge is -2.19. The molecule has 0 fully saturated rings. The Bertz CT molecular complexity index is 479. The van der Waals surface area contributed by atoms with Crippen LogP contribution in [0, 0.1) is 0 Å². The van der Waals surface area contributed by atoms with Crippen LogP contribution in [0.15, 0.2) is 22.8 Å². The summed E-state index contributed by atoms with van der Waals surface area (Å²) in [6.07, 6.45) is 2.53. The van der Waals surface area contributed by atoms with E-state index in [2.05, 4.69) is 5.32 Å². The van der Waals surface area contributed by atoms with E-state index in [1.165, 1.54) is 6.26 Å². The zero-order chi connectivity index (χ0) is 13.8. The first-order chi connectivity index (χ1) is 8.29. The van der Waals surface area contributed by atoms with Crippen LogP contribution in [0.25, 0.3) is 0 Å². The van der Waals surface area contributed by atoms with Gasteiger partial charge in [0.2, 0.25) is 15.9 Å². The van der Waals surface area contributed by atoms with Gasteiger partial charge >= 0.3 is 0 Å². The van der Waals surface area contributed by atoms with E-state index in [1.54, 1.807) is 12.1 Å². The smallest absolute Gasteiger partial charge is 0.235 e. The van der Waals surface area contributed by atoms with Crippen LogP contribution in [0.2, 0.25) is 0 Å². The molecular weight excluding hydrogens is 256 g/mol. The predicted octanol–water partition coefficient (Wildman–Crippen LogP) is 0.566. The molecule has 1 N–H and O–H groups in total. The molecule has 1 rings (SSSR count). The Hall–Kier alpha value is -1.34. The normalized spacial score (nSPS) is 12.1. The van der Waals surface area contributed by atoms with Crippen LogP contribution in [-0.4, -0.2) is 37.5 Å². The molecule has 0 aliphatic rings. The highest BCUT2D eigenvalue weighted by molar-refractivity contribution is 7.88. The van der Waals surface area contributed by atoms with Crippen molar-refractivity contribution in [1.29, 1.82) is 0 Å². The van der Waals surface area contributed by atoms with Crippen molar-refractivity contribution in [2.45, 2.75) is 26.4 Å². The second-order valence-corrected chi connectivity index (χ2v) is 6.32. The first kappa shape index (κ1) is 14.7. The number of hydrogen-bond donors (Lipinski definition) is 1. The first-order valence-corrected chi connectivity index (χ1v) is 7.40. The van der Waals surface area contributed by atoms with Crippen LogP contribution in [-0.2, 0) is 21.4 Å². The van der Waals surface area contributed by atoms with Crippen molar-refractivity contribution in [3.05, 3.63) is 24.2 Å². The van der Waals surface area contributed by atoms with E-state index in [4.69, 9.17) is 4.42 Å². The minimum absolute atomic E-state index is 0.0254. The summed E-state index contributed by atoms with van der Waals surface area (Å²) in [5.74, 6) is 0.166. The van der Waals surface area contributed by atoms with E-state index in [1.807, 2.05) is 13.8 Å². The van der Waals surface area contributed by atoms with Gasteiger partial charge in [-0.3, -0.25) is 4.79 Å². The number of nitrogens with zero attached hydrogens (tertiary/aromatic N) is 1. The van der Waals surface area contributed by atoms with Crippen molar-refractivity contribution < 1.29 is 17.6 Å². The maximum Gasteiger partial charge on any atom is 0.235 e. The molecule has 1 aromatic heterocycles. The molecule has 1 amide bonds. The number of hydrogen-bond acceptors (Lipinski definition) is 4. The Labute approximate surface area is 107 Å². The second kappa shape index (κ2) is 6.01. The summed E-state index contributed by atoms with van der Waals surface area (Å²) in [6, 6.07) is 3.31. The fraction of sp³-hybridized carbons (Fsp3) is 0.545. The molecule has 0 saturated heterocycles. The van der Waals surface area contributed by atoms with Crippen molar-refractivity contribution in [3.63, 3.8) is 0 Å². The Kier molecular flexibility index (Phi) is 4.92. The van der Waals surface area contributed by atoms with Crippen LogP contribution < -0.4 is 5.32 Å². The monoisotopic (exact) mass is 274 g/mol. The molecule has 0 saturated carbocycles.